The Morgan fingerprint density at radius 2 is 1.88 bits per heavy atom. The maximum absolute atomic E-state index is 13.4. The van der Waals surface area contributed by atoms with Gasteiger partial charge in [0.2, 0.25) is 0 Å². The van der Waals surface area contributed by atoms with Gasteiger partial charge in [0.1, 0.15) is 16.7 Å². The lowest BCUT2D eigenvalue weighted by atomic mass is 10.3. The van der Waals surface area contributed by atoms with Crippen LogP contribution in [0, 0.1) is 11.6 Å². The van der Waals surface area contributed by atoms with Gasteiger partial charge in [0.15, 0.2) is 17.5 Å². The SMILES string of the molecule is Nc1c(Cl)c(Cl)nc(C(=O)OCC(=O)Nc2ccc(F)cc2F)c1Cl. The molecule has 132 valence electrons. The molecule has 0 fully saturated rings. The Bertz CT molecular complexity index is 865. The molecule has 0 aliphatic heterocycles. The fraction of sp³-hybridized carbons (Fsp3) is 0.0714. The smallest absolute Gasteiger partial charge is 0.359 e. The second kappa shape index (κ2) is 7.81. The number of nitrogen functional groups attached to an aromatic ring is 1. The number of nitrogens with zero attached hydrogens (tertiary/aromatic N) is 1. The fourth-order valence-electron chi connectivity index (χ4n) is 1.64. The normalized spacial score (nSPS) is 10.4. The average molecular weight is 411 g/mol. The molecule has 0 radical (unpaired) electrons. The van der Waals surface area contributed by atoms with Crippen LogP contribution in [-0.2, 0) is 9.53 Å². The molecule has 0 saturated carbocycles. The van der Waals surface area contributed by atoms with Crippen LogP contribution in [0.4, 0.5) is 20.2 Å². The molecule has 0 aliphatic rings. The number of benzene rings is 1. The molecule has 2 rings (SSSR count). The summed E-state index contributed by atoms with van der Waals surface area (Å²) in [6.07, 6.45) is 0. The monoisotopic (exact) mass is 409 g/mol. The molecular weight excluding hydrogens is 403 g/mol. The summed E-state index contributed by atoms with van der Waals surface area (Å²) in [6.45, 7) is -0.784. The van der Waals surface area contributed by atoms with Gasteiger partial charge in [-0.05, 0) is 12.1 Å². The molecule has 6 nitrogen and oxygen atoms in total. The molecule has 1 aromatic heterocycles. The van der Waals surface area contributed by atoms with Crippen molar-refractivity contribution in [2.45, 2.75) is 0 Å². The number of amides is 1. The van der Waals surface area contributed by atoms with Crippen molar-refractivity contribution in [3.8, 4) is 0 Å². The summed E-state index contributed by atoms with van der Waals surface area (Å²) in [6, 6.07) is 2.55. The summed E-state index contributed by atoms with van der Waals surface area (Å²) in [5.74, 6) is -3.76. The summed E-state index contributed by atoms with van der Waals surface area (Å²) < 4.78 is 30.9. The van der Waals surface area contributed by atoms with Crippen molar-refractivity contribution >= 4 is 58.1 Å². The Labute approximate surface area is 154 Å². The number of pyridine rings is 1. The number of carbonyl (C=O) groups is 2. The van der Waals surface area contributed by atoms with Crippen molar-refractivity contribution in [2.24, 2.45) is 0 Å². The van der Waals surface area contributed by atoms with Crippen LogP contribution in [0.5, 0.6) is 0 Å². The van der Waals surface area contributed by atoms with E-state index in [4.69, 9.17) is 45.3 Å². The summed E-state index contributed by atoms with van der Waals surface area (Å²) in [7, 11) is 0. The first-order chi connectivity index (χ1) is 11.7. The molecule has 0 aliphatic carbocycles. The third-order valence-corrected chi connectivity index (χ3v) is 3.94. The number of ether oxygens (including phenoxy) is 1. The van der Waals surface area contributed by atoms with Crippen molar-refractivity contribution in [2.75, 3.05) is 17.7 Å². The third kappa shape index (κ3) is 4.47. The molecule has 1 aromatic carbocycles. The molecule has 25 heavy (non-hydrogen) atoms. The Kier molecular flexibility index (Phi) is 5.99. The first-order valence-corrected chi connectivity index (χ1v) is 7.56. The van der Waals surface area contributed by atoms with E-state index in [-0.39, 0.29) is 26.6 Å². The number of hydrogen-bond acceptors (Lipinski definition) is 5. The van der Waals surface area contributed by atoms with Crippen LogP contribution in [-0.4, -0.2) is 23.5 Å². The van der Waals surface area contributed by atoms with Gasteiger partial charge in [0.25, 0.3) is 5.91 Å². The van der Waals surface area contributed by atoms with E-state index in [0.717, 1.165) is 12.1 Å². The summed E-state index contributed by atoms with van der Waals surface area (Å²) >= 11 is 17.2. The summed E-state index contributed by atoms with van der Waals surface area (Å²) in [5, 5.41) is 1.42. The van der Waals surface area contributed by atoms with Crippen LogP contribution in [0.25, 0.3) is 0 Å². The van der Waals surface area contributed by atoms with E-state index in [1.165, 1.54) is 0 Å². The van der Waals surface area contributed by atoms with Gasteiger partial charge in [-0.2, -0.15) is 0 Å². The molecule has 0 bridgehead atoms. The van der Waals surface area contributed by atoms with Crippen molar-refractivity contribution in [1.29, 1.82) is 0 Å². The lowest BCUT2D eigenvalue weighted by Crippen LogP contribution is -2.22. The van der Waals surface area contributed by atoms with Crippen molar-refractivity contribution in [3.05, 3.63) is 50.7 Å². The molecular formula is C14H8Cl3F2N3O3. The van der Waals surface area contributed by atoms with E-state index in [0.29, 0.717) is 6.07 Å². The van der Waals surface area contributed by atoms with Crippen molar-refractivity contribution in [3.63, 3.8) is 0 Å². The molecule has 1 heterocycles. The van der Waals surface area contributed by atoms with Crippen LogP contribution in [0.3, 0.4) is 0 Å². The number of halogens is 5. The van der Waals surface area contributed by atoms with E-state index in [9.17, 15) is 18.4 Å². The average Bonchev–Trinajstić information content (AvgIpc) is 2.56. The van der Waals surface area contributed by atoms with Crippen LogP contribution in [0.1, 0.15) is 10.5 Å². The molecule has 0 spiro atoms. The lowest BCUT2D eigenvalue weighted by molar-refractivity contribution is -0.119. The number of rotatable bonds is 4. The number of aromatic nitrogens is 1. The van der Waals surface area contributed by atoms with Crippen molar-refractivity contribution in [1.82, 2.24) is 4.98 Å². The van der Waals surface area contributed by atoms with Gasteiger partial charge in [-0.15, -0.1) is 0 Å². The van der Waals surface area contributed by atoms with E-state index in [1.807, 2.05) is 0 Å². The highest BCUT2D eigenvalue weighted by Gasteiger charge is 2.21. The number of nitrogens with two attached hydrogens (primary N) is 1. The molecule has 0 unspecified atom stereocenters. The second-order valence-electron chi connectivity index (χ2n) is 4.54. The minimum atomic E-state index is -1.09. The van der Waals surface area contributed by atoms with Crippen molar-refractivity contribution < 1.29 is 23.1 Å². The minimum Gasteiger partial charge on any atom is -0.451 e. The van der Waals surface area contributed by atoms with Gasteiger partial charge >= 0.3 is 5.97 Å². The maximum atomic E-state index is 13.4. The van der Waals surface area contributed by atoms with Gasteiger partial charge < -0.3 is 15.8 Å². The van der Waals surface area contributed by atoms with Gasteiger partial charge in [-0.1, -0.05) is 34.8 Å². The predicted molar refractivity (Wildman–Crippen MR) is 88.9 cm³/mol. The maximum Gasteiger partial charge on any atom is 0.359 e. The number of nitrogens with one attached hydrogen (secondary N) is 1. The number of hydrogen-bond donors (Lipinski definition) is 2. The zero-order valence-electron chi connectivity index (χ0n) is 12.1. The van der Waals surface area contributed by atoms with Crippen LogP contribution in [0.2, 0.25) is 15.2 Å². The Morgan fingerprint density at radius 3 is 2.52 bits per heavy atom. The zero-order chi connectivity index (χ0) is 18.7. The van der Waals surface area contributed by atoms with E-state index >= 15 is 0 Å². The number of carbonyl (C=O) groups excluding carboxylic acids is 2. The highest BCUT2D eigenvalue weighted by atomic mass is 35.5. The first-order valence-electron chi connectivity index (χ1n) is 6.42. The van der Waals surface area contributed by atoms with Gasteiger partial charge in [-0.25, -0.2) is 18.6 Å². The number of anilines is 2. The molecule has 11 heteroatoms. The molecule has 3 N–H and O–H groups in total. The molecule has 0 atom stereocenters. The van der Waals surface area contributed by atoms with Crippen LogP contribution < -0.4 is 11.1 Å². The van der Waals surface area contributed by atoms with Gasteiger partial charge in [0.05, 0.1) is 16.4 Å². The van der Waals surface area contributed by atoms with Crippen LogP contribution >= 0.6 is 34.8 Å². The van der Waals surface area contributed by atoms with E-state index in [1.54, 1.807) is 0 Å². The molecule has 1 amide bonds. The number of esters is 1. The van der Waals surface area contributed by atoms with Gasteiger partial charge in [-0.3, -0.25) is 4.79 Å². The highest BCUT2D eigenvalue weighted by molar-refractivity contribution is 6.46. The Morgan fingerprint density at radius 1 is 1.20 bits per heavy atom. The topological polar surface area (TPSA) is 94.3 Å². The Hall–Kier alpha value is -2.16. The zero-order valence-corrected chi connectivity index (χ0v) is 14.3. The molecule has 0 saturated heterocycles. The third-order valence-electron chi connectivity index (χ3n) is 2.80. The predicted octanol–water partition coefficient (Wildman–Crippen LogP) is 3.70. The lowest BCUT2D eigenvalue weighted by Gasteiger charge is -2.10. The van der Waals surface area contributed by atoms with Gasteiger partial charge in [0, 0.05) is 6.07 Å². The summed E-state index contributed by atoms with van der Waals surface area (Å²) in [4.78, 5) is 27.2. The fourth-order valence-corrected chi connectivity index (χ4v) is 2.23. The minimum absolute atomic E-state index is 0.132. The Balaban J connectivity index is 2.04. The van der Waals surface area contributed by atoms with E-state index < -0.39 is 35.8 Å². The summed E-state index contributed by atoms with van der Waals surface area (Å²) in [5.41, 5.74) is 4.67. The standard InChI is InChI=1S/C14H8Cl3F2N3O3/c15-9-11(20)10(16)13(17)22-12(9)14(24)25-4-8(23)21-7-2-1-5(18)3-6(7)19/h1-3H,4H2,(H2,20,22)(H,21,23). The second-order valence-corrected chi connectivity index (χ2v) is 5.66. The quantitative estimate of drug-likeness (QED) is 0.592. The van der Waals surface area contributed by atoms with Crippen LogP contribution in [0.15, 0.2) is 18.2 Å². The molecule has 2 aromatic rings. The van der Waals surface area contributed by atoms with E-state index in [2.05, 4.69) is 10.3 Å². The largest absolute Gasteiger partial charge is 0.451 e. The highest BCUT2D eigenvalue weighted by Crippen LogP contribution is 2.34. The first kappa shape index (κ1) is 19.2.